The zero-order chi connectivity index (χ0) is 20.7. The fourth-order valence-electron chi connectivity index (χ4n) is 3.32. The van der Waals surface area contributed by atoms with Gasteiger partial charge in [0.2, 0.25) is 6.79 Å². The Hall–Kier alpha value is -2.90. The van der Waals surface area contributed by atoms with Crippen molar-refractivity contribution in [1.29, 1.82) is 0 Å². The van der Waals surface area contributed by atoms with Crippen LogP contribution < -0.4 is 14.4 Å². The third-order valence-corrected chi connectivity index (χ3v) is 5.75. The van der Waals surface area contributed by atoms with Gasteiger partial charge in [0.1, 0.15) is 11.5 Å². The number of anilines is 1. The first-order valence-electron chi connectivity index (χ1n) is 9.14. The highest BCUT2D eigenvalue weighted by Gasteiger charge is 2.32. The van der Waals surface area contributed by atoms with Crippen molar-refractivity contribution in [2.75, 3.05) is 11.7 Å². The number of benzene rings is 3. The minimum atomic E-state index is -0.191. The second kappa shape index (κ2) is 7.74. The van der Waals surface area contributed by atoms with Crippen LogP contribution >= 0.6 is 31.9 Å². The SMILES string of the molecule is O=C1/C(=C\c2ccc3c(c2)OCO3)N=C(c2ccc(Br)cc2)N1c1cccc(Br)c1. The van der Waals surface area contributed by atoms with Gasteiger partial charge in [0, 0.05) is 14.5 Å². The van der Waals surface area contributed by atoms with E-state index in [0.29, 0.717) is 23.0 Å². The highest BCUT2D eigenvalue weighted by Crippen LogP contribution is 2.34. The van der Waals surface area contributed by atoms with Gasteiger partial charge < -0.3 is 9.47 Å². The van der Waals surface area contributed by atoms with Crippen LogP contribution in [0.4, 0.5) is 5.69 Å². The number of ether oxygens (including phenoxy) is 2. The van der Waals surface area contributed by atoms with Crippen LogP contribution in [0.5, 0.6) is 11.5 Å². The predicted molar refractivity (Wildman–Crippen MR) is 123 cm³/mol. The number of hydrogen-bond donors (Lipinski definition) is 0. The van der Waals surface area contributed by atoms with Crippen molar-refractivity contribution in [2.24, 2.45) is 4.99 Å². The van der Waals surface area contributed by atoms with Gasteiger partial charge in [-0.15, -0.1) is 0 Å². The first-order valence-corrected chi connectivity index (χ1v) is 10.7. The lowest BCUT2D eigenvalue weighted by atomic mass is 10.1. The van der Waals surface area contributed by atoms with Crippen molar-refractivity contribution in [3.8, 4) is 11.5 Å². The minimum absolute atomic E-state index is 0.191. The molecule has 0 bridgehead atoms. The maximum Gasteiger partial charge on any atom is 0.282 e. The van der Waals surface area contributed by atoms with Crippen LogP contribution in [0.1, 0.15) is 11.1 Å². The molecule has 0 aliphatic carbocycles. The van der Waals surface area contributed by atoms with Gasteiger partial charge in [-0.05, 0) is 54.1 Å². The average Bonchev–Trinajstić information content (AvgIpc) is 3.33. The molecule has 0 N–H and O–H groups in total. The molecule has 1 amide bonds. The van der Waals surface area contributed by atoms with E-state index in [-0.39, 0.29) is 12.7 Å². The van der Waals surface area contributed by atoms with Crippen molar-refractivity contribution in [2.45, 2.75) is 0 Å². The van der Waals surface area contributed by atoms with Gasteiger partial charge in [-0.2, -0.15) is 0 Å². The molecule has 148 valence electrons. The highest BCUT2D eigenvalue weighted by atomic mass is 79.9. The molecule has 5 rings (SSSR count). The van der Waals surface area contributed by atoms with Crippen LogP contribution in [0.15, 0.2) is 86.4 Å². The van der Waals surface area contributed by atoms with Gasteiger partial charge in [-0.1, -0.05) is 56.1 Å². The van der Waals surface area contributed by atoms with E-state index in [9.17, 15) is 4.79 Å². The second-order valence-electron chi connectivity index (χ2n) is 6.71. The Morgan fingerprint density at radius 2 is 1.70 bits per heavy atom. The van der Waals surface area contributed by atoms with Gasteiger partial charge in [-0.3, -0.25) is 9.69 Å². The number of aliphatic imine (C=N–C) groups is 1. The van der Waals surface area contributed by atoms with E-state index >= 15 is 0 Å². The summed E-state index contributed by atoms with van der Waals surface area (Å²) in [7, 11) is 0. The monoisotopic (exact) mass is 524 g/mol. The lowest BCUT2D eigenvalue weighted by Gasteiger charge is -2.19. The zero-order valence-electron chi connectivity index (χ0n) is 15.5. The number of halogens is 2. The molecule has 7 heteroatoms. The summed E-state index contributed by atoms with van der Waals surface area (Å²) >= 11 is 6.94. The molecule has 0 saturated carbocycles. The van der Waals surface area contributed by atoms with E-state index in [0.717, 1.165) is 25.8 Å². The van der Waals surface area contributed by atoms with Crippen molar-refractivity contribution >= 4 is 55.4 Å². The number of nitrogens with zero attached hydrogens (tertiary/aromatic N) is 2. The maximum absolute atomic E-state index is 13.4. The molecular formula is C23H14Br2N2O3. The van der Waals surface area contributed by atoms with Gasteiger partial charge in [0.15, 0.2) is 11.5 Å². The van der Waals surface area contributed by atoms with E-state index in [1.54, 1.807) is 11.0 Å². The molecule has 0 spiro atoms. The molecule has 3 aromatic carbocycles. The first-order chi connectivity index (χ1) is 14.6. The van der Waals surface area contributed by atoms with E-state index in [1.165, 1.54) is 0 Å². The van der Waals surface area contributed by atoms with E-state index < -0.39 is 0 Å². The number of carbonyl (C=O) groups is 1. The van der Waals surface area contributed by atoms with Crippen LogP contribution in [0.2, 0.25) is 0 Å². The molecule has 30 heavy (non-hydrogen) atoms. The molecule has 0 aromatic heterocycles. The molecule has 2 heterocycles. The number of carbonyl (C=O) groups excluding carboxylic acids is 1. The predicted octanol–water partition coefficient (Wildman–Crippen LogP) is 5.77. The lowest BCUT2D eigenvalue weighted by Crippen LogP contribution is -2.32. The molecule has 0 radical (unpaired) electrons. The number of amides is 1. The molecule has 0 atom stereocenters. The van der Waals surface area contributed by atoms with Gasteiger partial charge in [-0.25, -0.2) is 4.99 Å². The third kappa shape index (κ3) is 3.55. The summed E-state index contributed by atoms with van der Waals surface area (Å²) in [5.74, 6) is 1.75. The summed E-state index contributed by atoms with van der Waals surface area (Å²) in [5, 5.41) is 0. The van der Waals surface area contributed by atoms with Crippen LogP contribution in [-0.2, 0) is 4.79 Å². The van der Waals surface area contributed by atoms with Gasteiger partial charge >= 0.3 is 0 Å². The molecule has 0 unspecified atom stereocenters. The molecular weight excluding hydrogens is 512 g/mol. The van der Waals surface area contributed by atoms with Crippen molar-refractivity contribution < 1.29 is 14.3 Å². The average molecular weight is 526 g/mol. The Morgan fingerprint density at radius 1 is 0.900 bits per heavy atom. The van der Waals surface area contributed by atoms with E-state index in [4.69, 9.17) is 14.5 Å². The Bertz CT molecular complexity index is 1220. The van der Waals surface area contributed by atoms with Crippen LogP contribution in [-0.4, -0.2) is 18.5 Å². The Labute approximate surface area is 189 Å². The fraction of sp³-hybridized carbons (Fsp3) is 0.0435. The normalized spacial score (nSPS) is 16.3. The van der Waals surface area contributed by atoms with Crippen molar-refractivity contribution in [3.63, 3.8) is 0 Å². The fourth-order valence-corrected chi connectivity index (χ4v) is 3.98. The van der Waals surface area contributed by atoms with Crippen molar-refractivity contribution in [3.05, 3.63) is 92.5 Å². The third-order valence-electron chi connectivity index (χ3n) is 4.73. The molecule has 0 fully saturated rings. The number of amidine groups is 1. The summed E-state index contributed by atoms with van der Waals surface area (Å²) in [6, 6.07) is 20.9. The summed E-state index contributed by atoms with van der Waals surface area (Å²) in [4.78, 5) is 19.7. The lowest BCUT2D eigenvalue weighted by molar-refractivity contribution is -0.113. The molecule has 2 aliphatic heterocycles. The second-order valence-corrected chi connectivity index (χ2v) is 8.54. The summed E-state index contributed by atoms with van der Waals surface area (Å²) in [6.07, 6.45) is 1.77. The topological polar surface area (TPSA) is 51.1 Å². The standard InChI is InChI=1S/C23H14Br2N2O3/c24-16-7-5-15(6-8-16)22-26-19(10-14-4-9-20-21(11-14)30-13-29-20)23(28)27(22)18-3-1-2-17(25)12-18/h1-12H,13H2/b19-10+. The van der Waals surface area contributed by atoms with E-state index in [2.05, 4.69) is 31.9 Å². The maximum atomic E-state index is 13.4. The first kappa shape index (κ1) is 19.1. The minimum Gasteiger partial charge on any atom is -0.454 e. The van der Waals surface area contributed by atoms with Crippen molar-refractivity contribution in [1.82, 2.24) is 0 Å². The van der Waals surface area contributed by atoms with Crippen LogP contribution in [0.25, 0.3) is 6.08 Å². The molecule has 3 aromatic rings. The Balaban J connectivity index is 1.60. The molecule has 5 nitrogen and oxygen atoms in total. The van der Waals surface area contributed by atoms with E-state index in [1.807, 2.05) is 66.7 Å². The summed E-state index contributed by atoms with van der Waals surface area (Å²) in [5.41, 5.74) is 2.76. The number of fused-ring (bicyclic) bond motifs is 1. The van der Waals surface area contributed by atoms with Crippen LogP contribution in [0.3, 0.4) is 0 Å². The molecule has 0 saturated heterocycles. The summed E-state index contributed by atoms with van der Waals surface area (Å²) < 4.78 is 12.6. The van der Waals surface area contributed by atoms with Gasteiger partial charge in [0.05, 0.1) is 5.69 Å². The van der Waals surface area contributed by atoms with Gasteiger partial charge in [0.25, 0.3) is 5.91 Å². The highest BCUT2D eigenvalue weighted by molar-refractivity contribution is 9.10. The smallest absolute Gasteiger partial charge is 0.282 e. The Morgan fingerprint density at radius 3 is 2.50 bits per heavy atom. The van der Waals surface area contributed by atoms with Crippen LogP contribution in [0, 0.1) is 0 Å². The largest absolute Gasteiger partial charge is 0.454 e. The number of rotatable bonds is 3. The number of hydrogen-bond acceptors (Lipinski definition) is 4. The summed E-state index contributed by atoms with van der Waals surface area (Å²) in [6.45, 7) is 0.205. The zero-order valence-corrected chi connectivity index (χ0v) is 18.7. The quantitative estimate of drug-likeness (QED) is 0.407. The molecule has 2 aliphatic rings. The Kier molecular flexibility index (Phi) is 4.92.